The first-order chi connectivity index (χ1) is 12.8. The Bertz CT molecular complexity index is 712. The van der Waals surface area contributed by atoms with Gasteiger partial charge in [-0.25, -0.2) is 0 Å². The lowest BCUT2D eigenvalue weighted by Crippen LogP contribution is -2.40. The van der Waals surface area contributed by atoms with Gasteiger partial charge in [-0.05, 0) is 42.6 Å². The van der Waals surface area contributed by atoms with Crippen molar-refractivity contribution >= 4 is 5.91 Å². The molecule has 5 nitrogen and oxygen atoms in total. The molecule has 2 aromatic carbocycles. The number of hydrogen-bond acceptors (Lipinski definition) is 4. The van der Waals surface area contributed by atoms with E-state index in [4.69, 9.17) is 9.47 Å². The molecule has 1 saturated heterocycles. The Morgan fingerprint density at radius 1 is 1.15 bits per heavy atom. The van der Waals surface area contributed by atoms with E-state index in [1.807, 2.05) is 48.5 Å². The van der Waals surface area contributed by atoms with Crippen LogP contribution in [0.2, 0.25) is 0 Å². The van der Waals surface area contributed by atoms with Gasteiger partial charge >= 0.3 is 0 Å². The molecule has 0 spiro atoms. The smallest absolute Gasteiger partial charge is 0.224 e. The molecular formula is C21H26N2O3. The van der Waals surface area contributed by atoms with E-state index in [-0.39, 0.29) is 11.8 Å². The minimum absolute atomic E-state index is 0.0686. The SMILES string of the molecule is COc1cc(CNC(=O)C2CCCNC2)ccc1OCc1ccccc1. The molecule has 26 heavy (non-hydrogen) atoms. The van der Waals surface area contributed by atoms with Crippen LogP contribution in [0.15, 0.2) is 48.5 Å². The summed E-state index contributed by atoms with van der Waals surface area (Å²) in [6, 6.07) is 15.8. The van der Waals surface area contributed by atoms with Crippen molar-refractivity contribution in [2.75, 3.05) is 20.2 Å². The van der Waals surface area contributed by atoms with Crippen molar-refractivity contribution in [3.8, 4) is 11.5 Å². The van der Waals surface area contributed by atoms with E-state index in [0.717, 1.165) is 37.1 Å². The molecule has 1 aliphatic heterocycles. The molecule has 138 valence electrons. The highest BCUT2D eigenvalue weighted by atomic mass is 16.5. The van der Waals surface area contributed by atoms with E-state index >= 15 is 0 Å². The van der Waals surface area contributed by atoms with Gasteiger partial charge in [-0.3, -0.25) is 4.79 Å². The molecule has 5 heteroatoms. The number of amides is 1. The van der Waals surface area contributed by atoms with Gasteiger partial charge in [0.1, 0.15) is 6.61 Å². The summed E-state index contributed by atoms with van der Waals surface area (Å²) < 4.78 is 11.3. The van der Waals surface area contributed by atoms with Crippen molar-refractivity contribution in [2.24, 2.45) is 5.92 Å². The second-order valence-corrected chi connectivity index (χ2v) is 6.52. The third kappa shape index (κ3) is 4.99. The van der Waals surface area contributed by atoms with Crippen LogP contribution >= 0.6 is 0 Å². The first-order valence-electron chi connectivity index (χ1n) is 9.08. The number of rotatable bonds is 7. The van der Waals surface area contributed by atoms with E-state index < -0.39 is 0 Å². The van der Waals surface area contributed by atoms with Crippen molar-refractivity contribution in [3.63, 3.8) is 0 Å². The van der Waals surface area contributed by atoms with Crippen LogP contribution in [0, 0.1) is 5.92 Å². The number of piperidine rings is 1. The molecule has 1 heterocycles. The largest absolute Gasteiger partial charge is 0.493 e. The maximum Gasteiger partial charge on any atom is 0.224 e. The molecule has 0 saturated carbocycles. The van der Waals surface area contributed by atoms with E-state index in [1.165, 1.54) is 0 Å². The van der Waals surface area contributed by atoms with Crippen molar-refractivity contribution < 1.29 is 14.3 Å². The quantitative estimate of drug-likeness (QED) is 0.803. The molecule has 1 fully saturated rings. The van der Waals surface area contributed by atoms with Crippen LogP contribution in [0.5, 0.6) is 11.5 Å². The van der Waals surface area contributed by atoms with E-state index in [2.05, 4.69) is 10.6 Å². The minimum Gasteiger partial charge on any atom is -0.493 e. The van der Waals surface area contributed by atoms with E-state index in [0.29, 0.717) is 24.7 Å². The fourth-order valence-electron chi connectivity index (χ4n) is 3.09. The van der Waals surface area contributed by atoms with Gasteiger partial charge in [-0.15, -0.1) is 0 Å². The number of ether oxygens (including phenoxy) is 2. The fraction of sp³-hybridized carbons (Fsp3) is 0.381. The topological polar surface area (TPSA) is 59.6 Å². The molecule has 1 unspecified atom stereocenters. The number of carbonyl (C=O) groups excluding carboxylic acids is 1. The molecule has 2 aromatic rings. The summed E-state index contributed by atoms with van der Waals surface area (Å²) in [4.78, 5) is 12.2. The first kappa shape index (κ1) is 18.3. The highest BCUT2D eigenvalue weighted by Gasteiger charge is 2.20. The summed E-state index contributed by atoms with van der Waals surface area (Å²) in [7, 11) is 1.63. The maximum absolute atomic E-state index is 12.2. The lowest BCUT2D eigenvalue weighted by Gasteiger charge is -2.22. The van der Waals surface area contributed by atoms with Gasteiger partial charge in [0, 0.05) is 13.1 Å². The van der Waals surface area contributed by atoms with Crippen LogP contribution in [0.1, 0.15) is 24.0 Å². The van der Waals surface area contributed by atoms with Crippen molar-refractivity contribution in [1.29, 1.82) is 0 Å². The second-order valence-electron chi connectivity index (χ2n) is 6.52. The number of hydrogen-bond donors (Lipinski definition) is 2. The summed E-state index contributed by atoms with van der Waals surface area (Å²) in [5.41, 5.74) is 2.10. The number of carbonyl (C=O) groups is 1. The average molecular weight is 354 g/mol. The lowest BCUT2D eigenvalue weighted by molar-refractivity contribution is -0.125. The first-order valence-corrected chi connectivity index (χ1v) is 9.08. The monoisotopic (exact) mass is 354 g/mol. The van der Waals surface area contributed by atoms with Crippen LogP contribution in [-0.4, -0.2) is 26.1 Å². The Balaban J connectivity index is 1.56. The Morgan fingerprint density at radius 3 is 2.73 bits per heavy atom. The zero-order valence-corrected chi connectivity index (χ0v) is 15.2. The number of benzene rings is 2. The molecule has 0 radical (unpaired) electrons. The summed E-state index contributed by atoms with van der Waals surface area (Å²) in [5.74, 6) is 1.55. The molecule has 0 bridgehead atoms. The molecule has 2 N–H and O–H groups in total. The van der Waals surface area contributed by atoms with Crippen LogP contribution in [0.25, 0.3) is 0 Å². The van der Waals surface area contributed by atoms with Gasteiger partial charge in [-0.2, -0.15) is 0 Å². The predicted octanol–water partition coefficient (Wildman–Crippen LogP) is 2.89. The van der Waals surface area contributed by atoms with Crippen molar-refractivity contribution in [2.45, 2.75) is 26.0 Å². The predicted molar refractivity (Wildman–Crippen MR) is 101 cm³/mol. The number of methoxy groups -OCH3 is 1. The zero-order chi connectivity index (χ0) is 18.2. The van der Waals surface area contributed by atoms with Gasteiger partial charge in [0.25, 0.3) is 0 Å². The molecule has 1 atom stereocenters. The molecule has 1 aliphatic rings. The van der Waals surface area contributed by atoms with E-state index in [9.17, 15) is 4.79 Å². The minimum atomic E-state index is 0.0686. The van der Waals surface area contributed by atoms with Crippen molar-refractivity contribution in [1.82, 2.24) is 10.6 Å². The summed E-state index contributed by atoms with van der Waals surface area (Å²) in [5, 5.41) is 6.29. The third-order valence-corrected chi connectivity index (χ3v) is 4.60. The molecular weight excluding hydrogens is 328 g/mol. The molecule has 0 aromatic heterocycles. The van der Waals surface area contributed by atoms with Crippen LogP contribution in [-0.2, 0) is 17.9 Å². The highest BCUT2D eigenvalue weighted by molar-refractivity contribution is 5.79. The molecule has 0 aliphatic carbocycles. The summed E-state index contributed by atoms with van der Waals surface area (Å²) in [6.45, 7) is 2.75. The molecule has 1 amide bonds. The number of nitrogens with one attached hydrogen (secondary N) is 2. The zero-order valence-electron chi connectivity index (χ0n) is 15.2. The Labute approximate surface area is 154 Å². The summed E-state index contributed by atoms with van der Waals surface area (Å²) >= 11 is 0. The van der Waals surface area contributed by atoms with E-state index in [1.54, 1.807) is 7.11 Å². The maximum atomic E-state index is 12.2. The summed E-state index contributed by atoms with van der Waals surface area (Å²) in [6.07, 6.45) is 2.01. The second kappa shape index (κ2) is 9.25. The van der Waals surface area contributed by atoms with Gasteiger partial charge in [0.15, 0.2) is 11.5 Å². The van der Waals surface area contributed by atoms with Crippen LogP contribution in [0.4, 0.5) is 0 Å². The van der Waals surface area contributed by atoms with Gasteiger partial charge in [0.2, 0.25) is 5.91 Å². The third-order valence-electron chi connectivity index (χ3n) is 4.60. The Kier molecular flexibility index (Phi) is 6.50. The van der Waals surface area contributed by atoms with Crippen LogP contribution in [0.3, 0.4) is 0 Å². The standard InChI is InChI=1S/C21H26N2O3/c1-25-20-12-17(13-23-21(24)18-8-5-11-22-14-18)9-10-19(20)26-15-16-6-3-2-4-7-16/h2-4,6-7,9-10,12,18,22H,5,8,11,13-15H2,1H3,(H,23,24). The van der Waals surface area contributed by atoms with Crippen molar-refractivity contribution in [3.05, 3.63) is 59.7 Å². The van der Waals surface area contributed by atoms with Gasteiger partial charge in [0.05, 0.1) is 13.0 Å². The molecule has 3 rings (SSSR count). The Hall–Kier alpha value is -2.53. The van der Waals surface area contributed by atoms with Gasteiger partial charge < -0.3 is 20.1 Å². The Morgan fingerprint density at radius 2 is 2.00 bits per heavy atom. The van der Waals surface area contributed by atoms with Crippen LogP contribution < -0.4 is 20.1 Å². The average Bonchev–Trinajstić information content (AvgIpc) is 2.72. The lowest BCUT2D eigenvalue weighted by atomic mass is 9.99. The fourth-order valence-corrected chi connectivity index (χ4v) is 3.09. The normalized spacial score (nSPS) is 16.7. The highest BCUT2D eigenvalue weighted by Crippen LogP contribution is 2.29. The van der Waals surface area contributed by atoms with Gasteiger partial charge in [-0.1, -0.05) is 36.4 Å².